The summed E-state index contributed by atoms with van der Waals surface area (Å²) in [6.07, 6.45) is 1.07. The molecule has 0 atom stereocenters. The van der Waals surface area contributed by atoms with E-state index in [0.29, 0.717) is 0 Å². The molecule has 2 aromatic rings. The highest BCUT2D eigenvalue weighted by Crippen LogP contribution is 2.31. The zero-order valence-electron chi connectivity index (χ0n) is 11.1. The number of hydrogen-bond donors (Lipinski definition) is 0. The highest BCUT2D eigenvalue weighted by Gasteiger charge is 2.01. The molecule has 2 rings (SSSR count). The SMILES string of the molecule is CC.CCc1ccccc1Sc1ccc(Cl)cc1. The summed E-state index contributed by atoms with van der Waals surface area (Å²) in [6, 6.07) is 16.5. The number of aryl methyl sites for hydroxylation is 1. The Bertz CT molecular complexity index is 463. The first-order chi connectivity index (χ1) is 8.79. The fourth-order valence-electron chi connectivity index (χ4n) is 1.53. The molecule has 0 nitrogen and oxygen atoms in total. The van der Waals surface area contributed by atoms with Crippen LogP contribution < -0.4 is 0 Å². The van der Waals surface area contributed by atoms with Gasteiger partial charge in [-0.25, -0.2) is 0 Å². The maximum absolute atomic E-state index is 5.86. The summed E-state index contributed by atoms with van der Waals surface area (Å²) in [5.74, 6) is 0. The maximum Gasteiger partial charge on any atom is 0.0406 e. The normalized spacial score (nSPS) is 9.56. The molecule has 2 heteroatoms. The molecule has 0 heterocycles. The van der Waals surface area contributed by atoms with Crippen molar-refractivity contribution in [2.24, 2.45) is 0 Å². The predicted octanol–water partition coefficient (Wildman–Crippen LogP) is 6.08. The summed E-state index contributed by atoms with van der Waals surface area (Å²) in [5, 5.41) is 0.785. The fraction of sp³-hybridized carbons (Fsp3) is 0.250. The minimum absolute atomic E-state index is 0.785. The van der Waals surface area contributed by atoms with Crippen LogP contribution >= 0.6 is 23.4 Å². The molecule has 0 aliphatic rings. The molecule has 0 N–H and O–H groups in total. The van der Waals surface area contributed by atoms with Crippen molar-refractivity contribution in [3.63, 3.8) is 0 Å². The summed E-state index contributed by atoms with van der Waals surface area (Å²) in [7, 11) is 0. The van der Waals surface area contributed by atoms with Gasteiger partial charge in [0.05, 0.1) is 0 Å². The van der Waals surface area contributed by atoms with Gasteiger partial charge in [0.15, 0.2) is 0 Å². The second-order valence-corrected chi connectivity index (χ2v) is 5.07. The Morgan fingerprint density at radius 1 is 0.944 bits per heavy atom. The first-order valence-corrected chi connectivity index (χ1v) is 7.50. The molecule has 0 fully saturated rings. The highest BCUT2D eigenvalue weighted by atomic mass is 35.5. The van der Waals surface area contributed by atoms with Gasteiger partial charge in [-0.2, -0.15) is 0 Å². The van der Waals surface area contributed by atoms with E-state index in [9.17, 15) is 0 Å². The van der Waals surface area contributed by atoms with Crippen molar-refractivity contribution < 1.29 is 0 Å². The van der Waals surface area contributed by atoms with E-state index in [1.54, 1.807) is 11.8 Å². The number of hydrogen-bond acceptors (Lipinski definition) is 1. The lowest BCUT2D eigenvalue weighted by atomic mass is 10.2. The summed E-state index contributed by atoms with van der Waals surface area (Å²) < 4.78 is 0. The van der Waals surface area contributed by atoms with E-state index < -0.39 is 0 Å². The third kappa shape index (κ3) is 4.40. The molecule has 0 bridgehead atoms. The van der Waals surface area contributed by atoms with Crippen molar-refractivity contribution in [3.8, 4) is 0 Å². The molecule has 2 aromatic carbocycles. The third-order valence-electron chi connectivity index (χ3n) is 2.39. The van der Waals surface area contributed by atoms with Crippen molar-refractivity contribution in [3.05, 3.63) is 59.1 Å². The molecule has 0 radical (unpaired) electrons. The van der Waals surface area contributed by atoms with Gasteiger partial charge in [-0.05, 0) is 42.3 Å². The Balaban J connectivity index is 0.000000771. The van der Waals surface area contributed by atoms with E-state index >= 15 is 0 Å². The van der Waals surface area contributed by atoms with E-state index in [-0.39, 0.29) is 0 Å². The average molecular weight is 279 g/mol. The molecule has 0 saturated carbocycles. The number of halogens is 1. The smallest absolute Gasteiger partial charge is 0.0406 e. The van der Waals surface area contributed by atoms with Crippen LogP contribution in [0.25, 0.3) is 0 Å². The van der Waals surface area contributed by atoms with Gasteiger partial charge in [0, 0.05) is 14.8 Å². The van der Waals surface area contributed by atoms with E-state index in [0.717, 1.165) is 11.4 Å². The molecule has 0 aliphatic carbocycles. The van der Waals surface area contributed by atoms with Crippen LogP contribution in [0.5, 0.6) is 0 Å². The Morgan fingerprint density at radius 2 is 1.56 bits per heavy atom. The van der Waals surface area contributed by atoms with Gasteiger partial charge in [0.25, 0.3) is 0 Å². The predicted molar refractivity (Wildman–Crippen MR) is 82.7 cm³/mol. The Labute approximate surface area is 119 Å². The van der Waals surface area contributed by atoms with Gasteiger partial charge < -0.3 is 0 Å². The Kier molecular flexibility index (Phi) is 6.92. The summed E-state index contributed by atoms with van der Waals surface area (Å²) >= 11 is 7.65. The zero-order chi connectivity index (χ0) is 13.4. The average Bonchev–Trinajstić information content (AvgIpc) is 2.44. The van der Waals surface area contributed by atoms with Crippen LogP contribution in [0.1, 0.15) is 26.3 Å². The lowest BCUT2D eigenvalue weighted by Crippen LogP contribution is -1.83. The van der Waals surface area contributed by atoms with Gasteiger partial charge >= 0.3 is 0 Å². The maximum atomic E-state index is 5.86. The van der Waals surface area contributed by atoms with Crippen LogP contribution in [0, 0.1) is 0 Å². The van der Waals surface area contributed by atoms with Crippen LogP contribution in [0.15, 0.2) is 58.3 Å². The second kappa shape index (κ2) is 8.23. The molecule has 0 saturated heterocycles. The lowest BCUT2D eigenvalue weighted by Gasteiger charge is -2.06. The highest BCUT2D eigenvalue weighted by molar-refractivity contribution is 7.99. The minimum Gasteiger partial charge on any atom is -0.0898 e. The first kappa shape index (κ1) is 15.1. The molecule has 18 heavy (non-hydrogen) atoms. The fourth-order valence-corrected chi connectivity index (χ4v) is 2.67. The number of rotatable bonds is 3. The summed E-state index contributed by atoms with van der Waals surface area (Å²) in [6.45, 7) is 6.18. The Hall–Kier alpha value is -0.920. The van der Waals surface area contributed by atoms with E-state index in [1.165, 1.54) is 15.4 Å². The molecule has 0 amide bonds. The second-order valence-electron chi connectivity index (χ2n) is 3.52. The van der Waals surface area contributed by atoms with Gasteiger partial charge in [-0.1, -0.05) is 62.3 Å². The minimum atomic E-state index is 0.785. The third-order valence-corrected chi connectivity index (χ3v) is 3.77. The van der Waals surface area contributed by atoms with Crippen LogP contribution in [0.2, 0.25) is 5.02 Å². The molecule has 0 aromatic heterocycles. The van der Waals surface area contributed by atoms with Gasteiger partial charge in [-0.15, -0.1) is 0 Å². The van der Waals surface area contributed by atoms with Crippen LogP contribution in [0.3, 0.4) is 0 Å². The van der Waals surface area contributed by atoms with E-state index in [4.69, 9.17) is 11.6 Å². The van der Waals surface area contributed by atoms with Crippen molar-refractivity contribution in [2.45, 2.75) is 37.0 Å². The molecular weight excluding hydrogens is 260 g/mol. The van der Waals surface area contributed by atoms with Crippen LogP contribution in [0.4, 0.5) is 0 Å². The Morgan fingerprint density at radius 3 is 2.17 bits per heavy atom. The summed E-state index contributed by atoms with van der Waals surface area (Å²) in [5.41, 5.74) is 1.39. The van der Waals surface area contributed by atoms with E-state index in [2.05, 4.69) is 43.3 Å². The molecular formula is C16H19ClS. The lowest BCUT2D eigenvalue weighted by molar-refractivity contribution is 1.08. The monoisotopic (exact) mass is 278 g/mol. The molecule has 96 valence electrons. The topological polar surface area (TPSA) is 0 Å². The largest absolute Gasteiger partial charge is 0.0898 e. The standard InChI is InChI=1S/C14H13ClS.C2H6/c1-2-11-5-3-4-6-14(11)16-13-9-7-12(15)8-10-13;1-2/h3-10H,2H2,1H3;1-2H3. The zero-order valence-corrected chi connectivity index (χ0v) is 12.7. The molecule has 0 unspecified atom stereocenters. The quantitative estimate of drug-likeness (QED) is 0.656. The van der Waals surface area contributed by atoms with Crippen molar-refractivity contribution >= 4 is 23.4 Å². The van der Waals surface area contributed by atoms with Crippen LogP contribution in [-0.2, 0) is 6.42 Å². The van der Waals surface area contributed by atoms with Crippen LogP contribution in [-0.4, -0.2) is 0 Å². The van der Waals surface area contributed by atoms with Gasteiger partial charge in [0.1, 0.15) is 0 Å². The molecule has 0 spiro atoms. The summed E-state index contributed by atoms with van der Waals surface area (Å²) in [4.78, 5) is 2.55. The number of benzene rings is 2. The first-order valence-electron chi connectivity index (χ1n) is 6.31. The van der Waals surface area contributed by atoms with Crippen molar-refractivity contribution in [2.75, 3.05) is 0 Å². The van der Waals surface area contributed by atoms with Gasteiger partial charge in [-0.3, -0.25) is 0 Å². The van der Waals surface area contributed by atoms with E-state index in [1.807, 2.05) is 26.0 Å². The van der Waals surface area contributed by atoms with Crippen molar-refractivity contribution in [1.29, 1.82) is 0 Å². The van der Waals surface area contributed by atoms with Gasteiger partial charge in [0.2, 0.25) is 0 Å². The van der Waals surface area contributed by atoms with Crippen molar-refractivity contribution in [1.82, 2.24) is 0 Å². The molecule has 0 aliphatic heterocycles.